The monoisotopic (exact) mass is 1060 g/mol. The van der Waals surface area contributed by atoms with Crippen LogP contribution in [0.5, 0.6) is 0 Å². The van der Waals surface area contributed by atoms with E-state index in [0.717, 1.165) is 111 Å². The van der Waals surface area contributed by atoms with Gasteiger partial charge in [0.05, 0.1) is 33.5 Å². The summed E-state index contributed by atoms with van der Waals surface area (Å²) < 4.78 is 9.21. The van der Waals surface area contributed by atoms with Gasteiger partial charge >= 0.3 is 0 Å². The lowest BCUT2D eigenvalue weighted by Gasteiger charge is -2.44. The molecule has 6 nitrogen and oxygen atoms in total. The average molecular weight is 1060 g/mol. The van der Waals surface area contributed by atoms with Crippen molar-refractivity contribution in [1.29, 1.82) is 0 Å². The van der Waals surface area contributed by atoms with Gasteiger partial charge in [-0.05, 0) is 124 Å². The molecule has 15 aromatic rings. The second-order valence-corrected chi connectivity index (χ2v) is 21.6. The van der Waals surface area contributed by atoms with E-state index in [-0.39, 0.29) is 6.71 Å². The fourth-order valence-corrected chi connectivity index (χ4v) is 13.3. The number of hydrogen-bond donors (Lipinski definition) is 0. The lowest BCUT2D eigenvalue weighted by molar-refractivity contribution is 0.673. The molecule has 0 atom stereocenters. The second-order valence-electron chi connectivity index (χ2n) is 21.6. The van der Waals surface area contributed by atoms with Crippen LogP contribution >= 0.6 is 0 Å². The molecule has 0 saturated carbocycles. The van der Waals surface area contributed by atoms with E-state index in [1.807, 2.05) is 30.3 Å². The molecule has 3 aromatic heterocycles. The van der Waals surface area contributed by atoms with Gasteiger partial charge in [-0.25, -0.2) is 9.97 Å². The number of aromatic nitrogens is 3. The van der Waals surface area contributed by atoms with Gasteiger partial charge < -0.3 is 18.8 Å². The summed E-state index contributed by atoms with van der Waals surface area (Å²) in [4.78, 5) is 15.5. The highest BCUT2D eigenvalue weighted by atomic mass is 16.3. The lowest BCUT2D eigenvalue weighted by atomic mass is 9.33. The van der Waals surface area contributed by atoms with Crippen molar-refractivity contribution in [2.75, 3.05) is 9.80 Å². The molecule has 386 valence electrons. The van der Waals surface area contributed by atoms with E-state index in [2.05, 4.69) is 275 Å². The Morgan fingerprint density at radius 1 is 0.325 bits per heavy atom. The quantitative estimate of drug-likeness (QED) is 0.142. The molecule has 7 heteroatoms. The molecule has 2 aliphatic heterocycles. The summed E-state index contributed by atoms with van der Waals surface area (Å²) in [6.07, 6.45) is 0. The summed E-state index contributed by atoms with van der Waals surface area (Å²) in [5.74, 6) is 0.674. The first-order valence-electron chi connectivity index (χ1n) is 28.3. The number of rotatable bonds is 8. The van der Waals surface area contributed by atoms with Gasteiger partial charge in [-0.1, -0.05) is 200 Å². The van der Waals surface area contributed by atoms with Gasteiger partial charge in [-0.3, -0.25) is 0 Å². The maximum Gasteiger partial charge on any atom is 0.252 e. The summed E-state index contributed by atoms with van der Waals surface area (Å²) in [6.45, 7) is 0.0284. The largest absolute Gasteiger partial charge is 0.455 e. The predicted molar refractivity (Wildman–Crippen MR) is 345 cm³/mol. The minimum Gasteiger partial charge on any atom is -0.455 e. The van der Waals surface area contributed by atoms with E-state index < -0.39 is 0 Å². The Balaban J connectivity index is 0.888. The molecular weight excluding hydrogens is 1010 g/mol. The number of fused-ring (bicyclic) bond motifs is 11. The van der Waals surface area contributed by atoms with E-state index in [0.29, 0.717) is 5.82 Å². The minimum absolute atomic E-state index is 0.0284. The predicted octanol–water partition coefficient (Wildman–Crippen LogP) is 17.9. The molecule has 17 rings (SSSR count). The minimum atomic E-state index is 0.0284. The number of para-hydroxylation sites is 6. The summed E-state index contributed by atoms with van der Waals surface area (Å²) in [6, 6.07) is 105. The van der Waals surface area contributed by atoms with Crippen molar-refractivity contribution in [2.45, 2.75) is 0 Å². The average Bonchev–Trinajstić information content (AvgIpc) is 4.09. The van der Waals surface area contributed by atoms with E-state index in [4.69, 9.17) is 14.4 Å². The summed E-state index contributed by atoms with van der Waals surface area (Å²) in [7, 11) is 0. The van der Waals surface area contributed by atoms with Crippen LogP contribution in [-0.2, 0) is 0 Å². The Morgan fingerprint density at radius 3 is 1.52 bits per heavy atom. The molecule has 0 radical (unpaired) electrons. The van der Waals surface area contributed by atoms with Crippen LogP contribution in [0.15, 0.2) is 296 Å². The molecule has 0 N–H and O–H groups in total. The third-order valence-electron chi connectivity index (χ3n) is 17.0. The fraction of sp³-hybridized carbons (Fsp3) is 0. The molecule has 0 fully saturated rings. The van der Waals surface area contributed by atoms with Gasteiger partial charge in [-0.15, -0.1) is 0 Å². The Morgan fingerprint density at radius 2 is 0.855 bits per heavy atom. The molecule has 0 saturated heterocycles. The summed E-state index contributed by atoms with van der Waals surface area (Å²) in [5, 5.41) is 4.44. The van der Waals surface area contributed by atoms with Crippen LogP contribution in [0.2, 0.25) is 0 Å². The molecule has 0 unspecified atom stereocenters. The van der Waals surface area contributed by atoms with Crippen LogP contribution in [0.3, 0.4) is 0 Å². The first-order valence-corrected chi connectivity index (χ1v) is 28.3. The highest BCUT2D eigenvalue weighted by molar-refractivity contribution is 7.00. The van der Waals surface area contributed by atoms with Crippen LogP contribution in [-0.4, -0.2) is 21.2 Å². The molecule has 2 aliphatic rings. The zero-order chi connectivity index (χ0) is 54.5. The molecule has 0 amide bonds. The maximum absolute atomic E-state index is 6.79. The van der Waals surface area contributed by atoms with Crippen LogP contribution in [0.4, 0.5) is 34.1 Å². The normalized spacial score (nSPS) is 12.5. The number of furan rings is 1. The Bertz CT molecular complexity index is 4870. The van der Waals surface area contributed by atoms with Gasteiger partial charge in [0.25, 0.3) is 6.71 Å². The van der Waals surface area contributed by atoms with Crippen LogP contribution in [0.25, 0.3) is 106 Å². The summed E-state index contributed by atoms with van der Waals surface area (Å²) >= 11 is 0. The van der Waals surface area contributed by atoms with Gasteiger partial charge in [0.1, 0.15) is 11.2 Å². The third kappa shape index (κ3) is 7.45. The van der Waals surface area contributed by atoms with Crippen molar-refractivity contribution in [3.8, 4) is 61.8 Å². The van der Waals surface area contributed by atoms with Crippen molar-refractivity contribution in [3.63, 3.8) is 0 Å². The molecule has 5 heterocycles. The third-order valence-corrected chi connectivity index (χ3v) is 17.0. The maximum atomic E-state index is 6.79. The molecule has 12 aromatic carbocycles. The highest BCUT2D eigenvalue weighted by Gasteiger charge is 2.43. The number of anilines is 6. The smallest absolute Gasteiger partial charge is 0.252 e. The second kappa shape index (κ2) is 18.8. The Labute approximate surface area is 480 Å². The van der Waals surface area contributed by atoms with E-state index in [9.17, 15) is 0 Å². The molecule has 0 bridgehead atoms. The van der Waals surface area contributed by atoms with E-state index in [1.165, 1.54) is 39.1 Å². The van der Waals surface area contributed by atoms with Crippen LogP contribution in [0.1, 0.15) is 0 Å². The van der Waals surface area contributed by atoms with Gasteiger partial charge in [0, 0.05) is 72.5 Å². The van der Waals surface area contributed by atoms with Gasteiger partial charge in [0.2, 0.25) is 0 Å². The van der Waals surface area contributed by atoms with Crippen LogP contribution in [0, 0.1) is 0 Å². The number of nitrogens with zero attached hydrogens (tertiary/aromatic N) is 5. The molecule has 0 spiro atoms. The first-order chi connectivity index (χ1) is 41.2. The lowest BCUT2D eigenvalue weighted by Crippen LogP contribution is -2.61. The number of hydrogen-bond acceptors (Lipinski definition) is 5. The van der Waals surface area contributed by atoms with Gasteiger partial charge in [0.15, 0.2) is 5.82 Å². The SMILES string of the molecule is c1ccc(-c2cc(-c3ccc(-n4c5ccccc5c5c6oc7ccccc7c6ccc54)c(-c4ccc(-c5cc6c7c(c5)N(c5ccccc5)c5ccccc5B7c5ccccc5N6c5ccccc5)cc4)c3)nc(-c3ccccc3)n2)cc1. The Hall–Kier alpha value is -11.0. The molecule has 83 heavy (non-hydrogen) atoms. The zero-order valence-corrected chi connectivity index (χ0v) is 44.9. The van der Waals surface area contributed by atoms with Crippen molar-refractivity contribution >= 4 is 101 Å². The van der Waals surface area contributed by atoms with Crippen molar-refractivity contribution in [3.05, 3.63) is 291 Å². The highest BCUT2D eigenvalue weighted by Crippen LogP contribution is 2.48. The molecular formula is C76H48BN5O. The zero-order valence-electron chi connectivity index (χ0n) is 44.9. The summed E-state index contributed by atoms with van der Waals surface area (Å²) in [5.41, 5.74) is 24.8. The molecule has 0 aliphatic carbocycles. The number of benzene rings is 12. The van der Waals surface area contributed by atoms with E-state index in [1.54, 1.807) is 0 Å². The van der Waals surface area contributed by atoms with Crippen molar-refractivity contribution < 1.29 is 4.42 Å². The van der Waals surface area contributed by atoms with Crippen LogP contribution < -0.4 is 26.2 Å². The van der Waals surface area contributed by atoms with Gasteiger partial charge in [-0.2, -0.15) is 0 Å². The van der Waals surface area contributed by atoms with Crippen molar-refractivity contribution in [2.24, 2.45) is 0 Å². The standard InChI is InChI=1S/C76H48BN5O/c1-5-21-51(22-6-1)63-48-64(79-76(78-63)52-23-7-2-8-24-52)53-41-43-66(82-65-33-17-13-30-59(65)73-69(82)44-42-58-57-29-14-20-36-72(57)83-75(58)73)60(45-53)50-39-37-49(38-40-50)54-46-70-74-71(47-54)81(56-27-11-4-12-28-56)68-35-19-16-32-62(68)77(74)61-31-15-18-34-67(61)80(70)55-25-9-3-10-26-55/h1-48H. The Kier molecular flexibility index (Phi) is 10.6. The van der Waals surface area contributed by atoms with Crippen molar-refractivity contribution in [1.82, 2.24) is 14.5 Å². The first kappa shape index (κ1) is 46.9. The van der Waals surface area contributed by atoms with E-state index >= 15 is 0 Å². The topological polar surface area (TPSA) is 50.3 Å². The fourth-order valence-electron chi connectivity index (χ4n) is 13.3.